The van der Waals surface area contributed by atoms with Gasteiger partial charge in [-0.2, -0.15) is 0 Å². The molecule has 0 bridgehead atoms. The van der Waals surface area contributed by atoms with Crippen molar-refractivity contribution in [3.8, 4) is 11.5 Å². The lowest BCUT2D eigenvalue weighted by Gasteiger charge is -2.09. The van der Waals surface area contributed by atoms with Gasteiger partial charge in [-0.3, -0.25) is 0 Å². The Bertz CT molecular complexity index is 774. The van der Waals surface area contributed by atoms with Gasteiger partial charge < -0.3 is 15.2 Å². The largest absolute Gasteiger partial charge is 0.504 e. The number of ether oxygens (including phenoxy) is 1. The Morgan fingerprint density at radius 2 is 1.79 bits per heavy atom. The molecule has 0 amide bonds. The van der Waals surface area contributed by atoms with Gasteiger partial charge in [0.05, 0.1) is 12.0 Å². The number of phenols is 1. The minimum Gasteiger partial charge on any atom is -0.504 e. The summed E-state index contributed by atoms with van der Waals surface area (Å²) in [6, 6.07) is 11.8. The van der Waals surface area contributed by atoms with Crippen LogP contribution in [0.15, 0.2) is 47.4 Å². The van der Waals surface area contributed by atoms with Gasteiger partial charge in [0, 0.05) is 19.6 Å². The normalized spacial score (nSPS) is 11.4. The van der Waals surface area contributed by atoms with E-state index in [4.69, 9.17) is 4.74 Å². The van der Waals surface area contributed by atoms with Crippen LogP contribution in [0, 0.1) is 6.92 Å². The number of methoxy groups -OCH3 is 1. The number of hydrogen-bond donors (Lipinski definition) is 3. The summed E-state index contributed by atoms with van der Waals surface area (Å²) in [5, 5.41) is 12.8. The standard InChI is InChI=1S/C17H22N2O4S/c1-13-3-6-15(7-4-13)24(21,22)19-10-9-18-12-14-5-8-17(23-2)16(20)11-14/h3-8,11,18-20H,9-10,12H2,1-2H3. The summed E-state index contributed by atoms with van der Waals surface area (Å²) >= 11 is 0. The van der Waals surface area contributed by atoms with Gasteiger partial charge in [-0.1, -0.05) is 23.8 Å². The van der Waals surface area contributed by atoms with Gasteiger partial charge in [-0.25, -0.2) is 13.1 Å². The number of sulfonamides is 1. The van der Waals surface area contributed by atoms with Gasteiger partial charge in [0.25, 0.3) is 0 Å². The molecular formula is C17H22N2O4S. The van der Waals surface area contributed by atoms with Crippen molar-refractivity contribution in [1.29, 1.82) is 0 Å². The van der Waals surface area contributed by atoms with Crippen molar-refractivity contribution in [2.24, 2.45) is 0 Å². The second kappa shape index (κ2) is 8.14. The lowest BCUT2D eigenvalue weighted by Crippen LogP contribution is -2.31. The van der Waals surface area contributed by atoms with Crippen LogP contribution in [0.25, 0.3) is 0 Å². The Morgan fingerprint density at radius 1 is 1.08 bits per heavy atom. The average molecular weight is 350 g/mol. The van der Waals surface area contributed by atoms with E-state index in [2.05, 4.69) is 10.0 Å². The zero-order valence-corrected chi connectivity index (χ0v) is 14.6. The van der Waals surface area contributed by atoms with Crippen LogP contribution in [0.4, 0.5) is 0 Å². The van der Waals surface area contributed by atoms with Gasteiger partial charge in [-0.15, -0.1) is 0 Å². The number of aromatic hydroxyl groups is 1. The van der Waals surface area contributed by atoms with Gasteiger partial charge >= 0.3 is 0 Å². The maximum Gasteiger partial charge on any atom is 0.240 e. The zero-order chi connectivity index (χ0) is 17.6. The van der Waals surface area contributed by atoms with Crippen LogP contribution in [0.3, 0.4) is 0 Å². The molecule has 0 aliphatic rings. The van der Waals surface area contributed by atoms with Crippen molar-refractivity contribution in [2.45, 2.75) is 18.4 Å². The molecule has 0 radical (unpaired) electrons. The maximum absolute atomic E-state index is 12.1. The number of rotatable bonds is 8. The van der Waals surface area contributed by atoms with Crippen molar-refractivity contribution >= 4 is 10.0 Å². The zero-order valence-electron chi connectivity index (χ0n) is 13.7. The van der Waals surface area contributed by atoms with Gasteiger partial charge in [0.2, 0.25) is 10.0 Å². The summed E-state index contributed by atoms with van der Waals surface area (Å²) in [7, 11) is -1.99. The molecule has 0 aliphatic carbocycles. The molecule has 2 aromatic rings. The molecule has 0 fully saturated rings. The first-order valence-electron chi connectivity index (χ1n) is 7.55. The summed E-state index contributed by atoms with van der Waals surface area (Å²) < 4.78 is 31.7. The Balaban J connectivity index is 1.78. The van der Waals surface area contributed by atoms with Crippen molar-refractivity contribution in [3.05, 3.63) is 53.6 Å². The smallest absolute Gasteiger partial charge is 0.240 e. The summed E-state index contributed by atoms with van der Waals surface area (Å²) in [5.74, 6) is 0.501. The summed E-state index contributed by atoms with van der Waals surface area (Å²) in [6.45, 7) is 3.17. The minimum atomic E-state index is -3.48. The topological polar surface area (TPSA) is 87.7 Å². The van der Waals surface area contributed by atoms with E-state index in [-0.39, 0.29) is 17.2 Å². The van der Waals surface area contributed by atoms with Gasteiger partial charge in [-0.05, 0) is 36.8 Å². The van der Waals surface area contributed by atoms with E-state index >= 15 is 0 Å². The molecular weight excluding hydrogens is 328 g/mol. The number of nitrogens with one attached hydrogen (secondary N) is 2. The van der Waals surface area contributed by atoms with E-state index in [0.29, 0.717) is 18.8 Å². The average Bonchev–Trinajstić information content (AvgIpc) is 2.55. The second-order valence-corrected chi connectivity index (χ2v) is 7.16. The van der Waals surface area contributed by atoms with E-state index in [9.17, 15) is 13.5 Å². The summed E-state index contributed by atoms with van der Waals surface area (Å²) in [5.41, 5.74) is 1.90. The maximum atomic E-state index is 12.1. The number of benzene rings is 2. The first-order chi connectivity index (χ1) is 11.4. The molecule has 130 valence electrons. The van der Waals surface area contributed by atoms with Gasteiger partial charge in [0.1, 0.15) is 0 Å². The highest BCUT2D eigenvalue weighted by atomic mass is 32.2. The molecule has 2 aromatic carbocycles. The number of aryl methyl sites for hydroxylation is 1. The van der Waals surface area contributed by atoms with Crippen LogP contribution in [-0.4, -0.2) is 33.7 Å². The molecule has 0 heterocycles. The van der Waals surface area contributed by atoms with E-state index in [1.165, 1.54) is 7.11 Å². The molecule has 0 aromatic heterocycles. The van der Waals surface area contributed by atoms with Gasteiger partial charge in [0.15, 0.2) is 11.5 Å². The Labute approximate surface area is 142 Å². The lowest BCUT2D eigenvalue weighted by atomic mass is 10.2. The fourth-order valence-corrected chi connectivity index (χ4v) is 3.18. The minimum absolute atomic E-state index is 0.0804. The molecule has 3 N–H and O–H groups in total. The van der Waals surface area contributed by atoms with Crippen molar-refractivity contribution in [2.75, 3.05) is 20.2 Å². The first-order valence-corrected chi connectivity index (χ1v) is 9.03. The fourth-order valence-electron chi connectivity index (χ4n) is 2.15. The van der Waals surface area contributed by atoms with Crippen LogP contribution in [-0.2, 0) is 16.6 Å². The van der Waals surface area contributed by atoms with Crippen molar-refractivity contribution in [3.63, 3.8) is 0 Å². The fraction of sp³-hybridized carbons (Fsp3) is 0.294. The number of phenolic OH excluding ortho intramolecular Hbond substituents is 1. The monoisotopic (exact) mass is 350 g/mol. The Kier molecular flexibility index (Phi) is 6.19. The van der Waals surface area contributed by atoms with E-state index in [1.54, 1.807) is 36.4 Å². The Morgan fingerprint density at radius 3 is 2.42 bits per heavy atom. The second-order valence-electron chi connectivity index (χ2n) is 5.39. The van der Waals surface area contributed by atoms with Crippen LogP contribution < -0.4 is 14.8 Å². The van der Waals surface area contributed by atoms with E-state index in [1.807, 2.05) is 13.0 Å². The SMILES string of the molecule is COc1ccc(CNCCNS(=O)(=O)c2ccc(C)cc2)cc1O. The quantitative estimate of drug-likeness (QED) is 0.632. The molecule has 0 saturated heterocycles. The molecule has 0 unspecified atom stereocenters. The van der Waals surface area contributed by atoms with Crippen LogP contribution >= 0.6 is 0 Å². The van der Waals surface area contributed by atoms with Crippen LogP contribution in [0.1, 0.15) is 11.1 Å². The first kappa shape index (κ1) is 18.3. The van der Waals surface area contributed by atoms with Crippen LogP contribution in [0.5, 0.6) is 11.5 Å². The van der Waals surface area contributed by atoms with E-state index < -0.39 is 10.0 Å². The third kappa shape index (κ3) is 4.95. The molecule has 0 aliphatic heterocycles. The predicted molar refractivity (Wildman–Crippen MR) is 92.7 cm³/mol. The third-order valence-electron chi connectivity index (χ3n) is 3.50. The molecule has 0 atom stereocenters. The molecule has 24 heavy (non-hydrogen) atoms. The molecule has 7 heteroatoms. The summed E-state index contributed by atoms with van der Waals surface area (Å²) in [4.78, 5) is 0.258. The van der Waals surface area contributed by atoms with Crippen molar-refractivity contribution < 1.29 is 18.3 Å². The van der Waals surface area contributed by atoms with Crippen LogP contribution in [0.2, 0.25) is 0 Å². The lowest BCUT2D eigenvalue weighted by molar-refractivity contribution is 0.373. The highest BCUT2D eigenvalue weighted by Crippen LogP contribution is 2.25. The highest BCUT2D eigenvalue weighted by molar-refractivity contribution is 7.89. The van der Waals surface area contributed by atoms with E-state index in [0.717, 1.165) is 11.1 Å². The predicted octanol–water partition coefficient (Wildman–Crippen LogP) is 1.78. The molecule has 6 nitrogen and oxygen atoms in total. The molecule has 0 saturated carbocycles. The summed E-state index contributed by atoms with van der Waals surface area (Å²) in [6.07, 6.45) is 0. The van der Waals surface area contributed by atoms with Crippen molar-refractivity contribution in [1.82, 2.24) is 10.0 Å². The number of hydrogen-bond acceptors (Lipinski definition) is 5. The Hall–Kier alpha value is -2.09. The molecule has 2 rings (SSSR count). The third-order valence-corrected chi connectivity index (χ3v) is 4.97. The highest BCUT2D eigenvalue weighted by Gasteiger charge is 2.12. The molecule has 0 spiro atoms.